The van der Waals surface area contributed by atoms with E-state index in [4.69, 9.17) is 4.74 Å². The average Bonchev–Trinajstić information content (AvgIpc) is 2.60. The van der Waals surface area contributed by atoms with Gasteiger partial charge in [0.05, 0.1) is 0 Å². The number of esters is 1. The molecule has 1 unspecified atom stereocenters. The number of hydrogen-bond acceptors (Lipinski definition) is 2. The van der Waals surface area contributed by atoms with Crippen molar-refractivity contribution in [1.82, 2.24) is 0 Å². The fourth-order valence-corrected chi connectivity index (χ4v) is 1.94. The minimum absolute atomic E-state index is 0.247. The number of carbonyl (C=O) groups is 1. The van der Waals surface area contributed by atoms with E-state index in [-0.39, 0.29) is 11.4 Å². The summed E-state index contributed by atoms with van der Waals surface area (Å²) in [5, 5.41) is 0. The molecule has 0 fully saturated rings. The van der Waals surface area contributed by atoms with Crippen LogP contribution < -0.4 is 0 Å². The molecular weight excluding hydrogens is 236 g/mol. The van der Waals surface area contributed by atoms with Gasteiger partial charge in [-0.3, -0.25) is 4.79 Å². The molecule has 1 aliphatic rings. The van der Waals surface area contributed by atoms with Gasteiger partial charge < -0.3 is 4.74 Å². The molecule has 0 bridgehead atoms. The molecule has 2 nitrogen and oxygen atoms in total. The highest BCUT2D eigenvalue weighted by Gasteiger charge is 2.20. The van der Waals surface area contributed by atoms with Gasteiger partial charge in [0.15, 0.2) is 0 Å². The van der Waals surface area contributed by atoms with Crippen LogP contribution in [0.5, 0.6) is 0 Å². The highest BCUT2D eigenvalue weighted by Crippen LogP contribution is 2.27. The van der Waals surface area contributed by atoms with Gasteiger partial charge >= 0.3 is 5.97 Å². The van der Waals surface area contributed by atoms with E-state index < -0.39 is 0 Å². The van der Waals surface area contributed by atoms with Crippen molar-refractivity contribution in [3.63, 3.8) is 0 Å². The molecule has 0 spiro atoms. The zero-order valence-corrected chi connectivity index (χ0v) is 11.3. The van der Waals surface area contributed by atoms with Gasteiger partial charge in [-0.15, -0.1) is 0 Å². The highest BCUT2D eigenvalue weighted by atomic mass is 16.5. The van der Waals surface area contributed by atoms with Crippen LogP contribution in [0.1, 0.15) is 19.4 Å². The minimum atomic E-state index is -0.251. The molecule has 2 heteroatoms. The fourth-order valence-electron chi connectivity index (χ4n) is 1.94. The molecular formula is C17H18O2. The van der Waals surface area contributed by atoms with Crippen LogP contribution in [0.15, 0.2) is 60.7 Å². The third kappa shape index (κ3) is 3.68. The van der Waals surface area contributed by atoms with Crippen molar-refractivity contribution in [3.05, 3.63) is 66.3 Å². The van der Waals surface area contributed by atoms with Crippen molar-refractivity contribution in [3.8, 4) is 0 Å². The summed E-state index contributed by atoms with van der Waals surface area (Å²) in [5.74, 6) is -0.247. The largest absolute Gasteiger partial charge is 0.465 e. The molecule has 19 heavy (non-hydrogen) atoms. The molecule has 0 amide bonds. The summed E-state index contributed by atoms with van der Waals surface area (Å²) in [6.07, 6.45) is 10.3. The Balaban J connectivity index is 2.16. The van der Waals surface area contributed by atoms with Crippen LogP contribution in [-0.4, -0.2) is 12.6 Å². The van der Waals surface area contributed by atoms with E-state index in [0.29, 0.717) is 6.61 Å². The first kappa shape index (κ1) is 13.3. The Hall–Kier alpha value is -2.09. The van der Waals surface area contributed by atoms with E-state index in [0.717, 1.165) is 5.57 Å². The predicted octanol–water partition coefficient (Wildman–Crippen LogP) is 3.77. The number of hydrogen-bond donors (Lipinski definition) is 0. The van der Waals surface area contributed by atoms with E-state index in [1.165, 1.54) is 12.5 Å². The van der Waals surface area contributed by atoms with Gasteiger partial charge in [0.1, 0.15) is 6.61 Å². The van der Waals surface area contributed by atoms with Crippen LogP contribution in [0.4, 0.5) is 0 Å². The lowest BCUT2D eigenvalue weighted by Crippen LogP contribution is -2.19. The van der Waals surface area contributed by atoms with Crippen LogP contribution >= 0.6 is 0 Å². The summed E-state index contributed by atoms with van der Waals surface area (Å²) < 4.78 is 5.12. The van der Waals surface area contributed by atoms with Gasteiger partial charge in [0.2, 0.25) is 0 Å². The maximum atomic E-state index is 10.9. The minimum Gasteiger partial charge on any atom is -0.465 e. The van der Waals surface area contributed by atoms with Gasteiger partial charge in [0.25, 0.3) is 0 Å². The Kier molecular flexibility index (Phi) is 4.00. The first-order valence-electron chi connectivity index (χ1n) is 6.37. The Bertz CT molecular complexity index is 538. The predicted molar refractivity (Wildman–Crippen MR) is 77.4 cm³/mol. The van der Waals surface area contributed by atoms with Crippen molar-refractivity contribution in [2.75, 3.05) is 6.61 Å². The Morgan fingerprint density at radius 2 is 1.95 bits per heavy atom. The second-order valence-corrected chi connectivity index (χ2v) is 4.97. The van der Waals surface area contributed by atoms with E-state index in [1.807, 2.05) is 31.2 Å². The quantitative estimate of drug-likeness (QED) is 0.768. The first-order valence-corrected chi connectivity index (χ1v) is 6.37. The van der Waals surface area contributed by atoms with Gasteiger partial charge in [-0.1, -0.05) is 60.7 Å². The molecule has 0 aromatic heterocycles. The van der Waals surface area contributed by atoms with Crippen molar-refractivity contribution in [2.24, 2.45) is 5.41 Å². The molecule has 0 saturated heterocycles. The summed E-state index contributed by atoms with van der Waals surface area (Å²) in [5.41, 5.74) is 2.09. The van der Waals surface area contributed by atoms with Crippen LogP contribution in [0, 0.1) is 5.41 Å². The summed E-state index contributed by atoms with van der Waals surface area (Å²) in [4.78, 5) is 10.9. The second kappa shape index (κ2) is 5.70. The van der Waals surface area contributed by atoms with Gasteiger partial charge in [-0.05, 0) is 18.1 Å². The summed E-state index contributed by atoms with van der Waals surface area (Å²) in [7, 11) is 0. The Labute approximate surface area is 114 Å². The van der Waals surface area contributed by atoms with Crippen molar-refractivity contribution < 1.29 is 9.53 Å². The summed E-state index contributed by atoms with van der Waals surface area (Å²) in [6.45, 7) is 3.84. The lowest BCUT2D eigenvalue weighted by atomic mass is 9.91. The highest BCUT2D eigenvalue weighted by molar-refractivity contribution is 5.76. The third-order valence-electron chi connectivity index (χ3n) is 3.09. The molecule has 1 atom stereocenters. The molecule has 1 aromatic rings. The first-order chi connectivity index (χ1) is 9.09. The van der Waals surface area contributed by atoms with Gasteiger partial charge in [-0.25, -0.2) is 0 Å². The van der Waals surface area contributed by atoms with E-state index in [2.05, 4.69) is 36.4 Å². The topological polar surface area (TPSA) is 26.3 Å². The zero-order valence-electron chi connectivity index (χ0n) is 11.3. The molecule has 0 saturated carbocycles. The molecule has 1 aromatic carbocycles. The van der Waals surface area contributed by atoms with Crippen LogP contribution in [0.2, 0.25) is 0 Å². The molecule has 0 aliphatic heterocycles. The molecule has 0 N–H and O–H groups in total. The SMILES string of the molecule is CC(=O)OCC1(C)C=CC=C(c2ccccc2)C=C1. The lowest BCUT2D eigenvalue weighted by molar-refractivity contribution is -0.142. The Morgan fingerprint density at radius 3 is 2.63 bits per heavy atom. The van der Waals surface area contributed by atoms with E-state index in [1.54, 1.807) is 0 Å². The van der Waals surface area contributed by atoms with Crippen LogP contribution in [0.3, 0.4) is 0 Å². The smallest absolute Gasteiger partial charge is 0.302 e. The van der Waals surface area contributed by atoms with Crippen LogP contribution in [0.25, 0.3) is 5.57 Å². The van der Waals surface area contributed by atoms with Crippen molar-refractivity contribution in [1.29, 1.82) is 0 Å². The average molecular weight is 254 g/mol. The Morgan fingerprint density at radius 1 is 1.21 bits per heavy atom. The fraction of sp³-hybridized carbons (Fsp3) is 0.235. The molecule has 1 aliphatic carbocycles. The van der Waals surface area contributed by atoms with Gasteiger partial charge in [0, 0.05) is 12.3 Å². The number of carbonyl (C=O) groups excluding carboxylic acids is 1. The molecule has 0 radical (unpaired) electrons. The number of benzene rings is 1. The zero-order chi connectivity index (χ0) is 13.7. The summed E-state index contributed by atoms with van der Waals surface area (Å²) >= 11 is 0. The summed E-state index contributed by atoms with van der Waals surface area (Å²) in [6, 6.07) is 10.2. The molecule has 2 rings (SSSR count). The molecule has 0 heterocycles. The van der Waals surface area contributed by atoms with E-state index >= 15 is 0 Å². The monoisotopic (exact) mass is 254 g/mol. The molecule has 98 valence electrons. The maximum Gasteiger partial charge on any atom is 0.302 e. The second-order valence-electron chi connectivity index (χ2n) is 4.97. The third-order valence-corrected chi connectivity index (χ3v) is 3.09. The van der Waals surface area contributed by atoms with Crippen LogP contribution in [-0.2, 0) is 9.53 Å². The number of allylic oxidation sites excluding steroid dienone is 4. The normalized spacial score (nSPS) is 21.7. The maximum absolute atomic E-state index is 10.9. The number of ether oxygens (including phenoxy) is 1. The van der Waals surface area contributed by atoms with E-state index in [9.17, 15) is 4.79 Å². The number of rotatable bonds is 3. The standard InChI is InChI=1S/C17H18O2/c1-14(18)19-13-17(2)11-6-9-16(10-12-17)15-7-4-3-5-8-15/h3-12H,13H2,1-2H3. The van der Waals surface area contributed by atoms with Crippen molar-refractivity contribution >= 4 is 11.5 Å². The van der Waals surface area contributed by atoms with Gasteiger partial charge in [-0.2, -0.15) is 0 Å². The lowest BCUT2D eigenvalue weighted by Gasteiger charge is -2.20. The van der Waals surface area contributed by atoms with Crippen molar-refractivity contribution in [2.45, 2.75) is 13.8 Å².